The summed E-state index contributed by atoms with van der Waals surface area (Å²) in [4.78, 5) is 2.24. The normalized spacial score (nSPS) is 12.9. The molecule has 0 radical (unpaired) electrons. The van der Waals surface area contributed by atoms with Crippen molar-refractivity contribution in [3.8, 4) is 0 Å². The zero-order valence-corrected chi connectivity index (χ0v) is 21.6. The number of rotatable bonds is 18. The number of allylic oxidation sites excluding steroid dienone is 3. The molecule has 0 saturated carbocycles. The SMILES string of the molecule is CC/C=C\CCO.CC/C=C\CCOS(C)(CCCCN(C)C)OCC/C=C\CC. The van der Waals surface area contributed by atoms with Crippen LogP contribution in [-0.4, -0.2) is 62.5 Å². The maximum absolute atomic E-state index is 8.24. The average Bonchev–Trinajstić information content (AvgIpc) is 2.72. The summed E-state index contributed by atoms with van der Waals surface area (Å²) in [7, 11) is 2.85. The van der Waals surface area contributed by atoms with Gasteiger partial charge in [0.1, 0.15) is 0 Å². The zero-order valence-electron chi connectivity index (χ0n) is 20.8. The Labute approximate surface area is 190 Å². The minimum Gasteiger partial charge on any atom is -0.396 e. The molecule has 0 aliphatic carbocycles. The van der Waals surface area contributed by atoms with E-state index in [4.69, 9.17) is 13.5 Å². The van der Waals surface area contributed by atoms with Crippen molar-refractivity contribution in [3.63, 3.8) is 0 Å². The number of hydrogen-bond acceptors (Lipinski definition) is 4. The van der Waals surface area contributed by atoms with Gasteiger partial charge in [-0.3, -0.25) is 8.37 Å². The third-order valence-corrected chi connectivity index (χ3v) is 6.47. The first-order valence-electron chi connectivity index (χ1n) is 11.7. The molecular formula is C25H51NO3S. The van der Waals surface area contributed by atoms with E-state index in [1.807, 2.05) is 6.08 Å². The van der Waals surface area contributed by atoms with Crippen molar-refractivity contribution in [2.75, 3.05) is 52.5 Å². The van der Waals surface area contributed by atoms with E-state index >= 15 is 0 Å². The molecule has 0 fully saturated rings. The lowest BCUT2D eigenvalue weighted by Gasteiger charge is -2.39. The van der Waals surface area contributed by atoms with Crippen molar-refractivity contribution in [1.29, 1.82) is 0 Å². The van der Waals surface area contributed by atoms with Crippen LogP contribution in [-0.2, 0) is 8.37 Å². The Bertz CT molecular complexity index is 403. The number of unbranched alkanes of at least 4 members (excludes halogenated alkanes) is 1. The van der Waals surface area contributed by atoms with Crippen molar-refractivity contribution >= 4 is 10.6 Å². The maximum Gasteiger partial charge on any atom is 0.0748 e. The van der Waals surface area contributed by atoms with Crippen molar-refractivity contribution in [2.24, 2.45) is 0 Å². The van der Waals surface area contributed by atoms with Crippen LogP contribution >= 0.6 is 10.6 Å². The molecule has 0 bridgehead atoms. The molecule has 30 heavy (non-hydrogen) atoms. The number of aliphatic hydroxyl groups is 1. The van der Waals surface area contributed by atoms with E-state index < -0.39 is 10.6 Å². The van der Waals surface area contributed by atoms with Crippen LogP contribution in [0, 0.1) is 0 Å². The molecule has 0 heterocycles. The summed E-state index contributed by atoms with van der Waals surface area (Å²) in [5.41, 5.74) is 0. The highest BCUT2D eigenvalue weighted by molar-refractivity contribution is 8.25. The van der Waals surface area contributed by atoms with Gasteiger partial charge in [0.15, 0.2) is 0 Å². The zero-order chi connectivity index (χ0) is 22.9. The maximum atomic E-state index is 8.24. The van der Waals surface area contributed by atoms with E-state index in [1.165, 1.54) is 12.8 Å². The standard InChI is InChI=1S/C19H39NO2S.C6H12O/c1-6-8-10-13-17-21-23(5,19-15-12-16-20(3)4)22-18-14-11-9-7-2;1-2-3-4-5-6-7/h8-11H,6-7,12-19H2,1-5H3;3-4,7H,2,5-6H2,1H3/b10-8-,11-9-;4-3-. The Morgan fingerprint density at radius 2 is 1.20 bits per heavy atom. The summed E-state index contributed by atoms with van der Waals surface area (Å²) in [6, 6.07) is 0. The first-order valence-corrected chi connectivity index (χ1v) is 13.8. The lowest BCUT2D eigenvalue weighted by Crippen LogP contribution is -2.16. The fourth-order valence-electron chi connectivity index (χ4n) is 2.46. The van der Waals surface area contributed by atoms with E-state index in [0.29, 0.717) is 0 Å². The molecule has 0 unspecified atom stereocenters. The van der Waals surface area contributed by atoms with Gasteiger partial charge in [-0.25, -0.2) is 0 Å². The molecule has 5 heteroatoms. The second-order valence-corrected chi connectivity index (χ2v) is 10.2. The molecule has 0 saturated heterocycles. The van der Waals surface area contributed by atoms with Gasteiger partial charge >= 0.3 is 0 Å². The molecule has 4 nitrogen and oxygen atoms in total. The predicted octanol–water partition coefficient (Wildman–Crippen LogP) is 6.67. The van der Waals surface area contributed by atoms with Crippen LogP contribution in [0.4, 0.5) is 0 Å². The van der Waals surface area contributed by atoms with Gasteiger partial charge in [0.2, 0.25) is 0 Å². The molecule has 0 aromatic carbocycles. The van der Waals surface area contributed by atoms with Gasteiger partial charge in [-0.15, -0.1) is 0 Å². The largest absolute Gasteiger partial charge is 0.396 e. The van der Waals surface area contributed by atoms with Crippen LogP contribution in [0.5, 0.6) is 0 Å². The molecule has 180 valence electrons. The van der Waals surface area contributed by atoms with Crippen LogP contribution in [0.3, 0.4) is 0 Å². The van der Waals surface area contributed by atoms with Crippen LogP contribution < -0.4 is 0 Å². The molecule has 0 aromatic rings. The monoisotopic (exact) mass is 445 g/mol. The predicted molar refractivity (Wildman–Crippen MR) is 137 cm³/mol. The first kappa shape index (κ1) is 31.6. The highest BCUT2D eigenvalue weighted by Crippen LogP contribution is 2.47. The lowest BCUT2D eigenvalue weighted by molar-refractivity contribution is 0.264. The van der Waals surface area contributed by atoms with Crippen LogP contribution in [0.1, 0.15) is 72.1 Å². The van der Waals surface area contributed by atoms with Crippen LogP contribution in [0.25, 0.3) is 0 Å². The third kappa shape index (κ3) is 25.4. The van der Waals surface area contributed by atoms with Crippen molar-refractivity contribution < 1.29 is 13.5 Å². The lowest BCUT2D eigenvalue weighted by atomic mass is 10.3. The van der Waals surface area contributed by atoms with E-state index in [9.17, 15) is 0 Å². The van der Waals surface area contributed by atoms with Gasteiger partial charge in [0, 0.05) is 18.6 Å². The second-order valence-electron chi connectivity index (χ2n) is 7.51. The fraction of sp³-hybridized carbons (Fsp3) is 0.760. The van der Waals surface area contributed by atoms with E-state index in [2.05, 4.69) is 76.4 Å². The summed E-state index contributed by atoms with van der Waals surface area (Å²) >= 11 is 0. The fourth-order valence-corrected chi connectivity index (χ4v) is 4.39. The number of nitrogens with zero attached hydrogens (tertiary/aromatic N) is 1. The van der Waals surface area contributed by atoms with Crippen LogP contribution in [0.15, 0.2) is 36.5 Å². The smallest absolute Gasteiger partial charge is 0.0748 e. The van der Waals surface area contributed by atoms with Gasteiger partial charge in [0.05, 0.1) is 13.2 Å². The number of hydrogen-bond donors (Lipinski definition) is 1. The minimum absolute atomic E-state index is 0.274. The second kappa shape index (κ2) is 24.7. The summed E-state index contributed by atoms with van der Waals surface area (Å²) in [5, 5.41) is 8.24. The summed E-state index contributed by atoms with van der Waals surface area (Å²) in [6.07, 6.45) is 23.4. The molecule has 0 aliphatic heterocycles. The van der Waals surface area contributed by atoms with E-state index in [-0.39, 0.29) is 6.61 Å². The number of aliphatic hydroxyl groups excluding tert-OH is 1. The molecular weight excluding hydrogens is 394 g/mol. The van der Waals surface area contributed by atoms with E-state index in [1.54, 1.807) is 0 Å². The first-order chi connectivity index (χ1) is 14.5. The van der Waals surface area contributed by atoms with Gasteiger partial charge in [-0.05, 0) is 72.0 Å². The Balaban J connectivity index is 0. The highest BCUT2D eigenvalue weighted by Gasteiger charge is 2.15. The topological polar surface area (TPSA) is 41.9 Å². The van der Waals surface area contributed by atoms with Crippen LogP contribution in [0.2, 0.25) is 0 Å². The Morgan fingerprint density at radius 3 is 1.60 bits per heavy atom. The Morgan fingerprint density at radius 1 is 0.733 bits per heavy atom. The third-order valence-electron chi connectivity index (χ3n) is 4.11. The Hall–Kier alpha value is -0.590. The molecule has 0 rings (SSSR count). The average molecular weight is 446 g/mol. The molecule has 0 spiro atoms. The molecule has 0 aromatic heterocycles. The molecule has 1 N–H and O–H groups in total. The summed E-state index contributed by atoms with van der Waals surface area (Å²) in [5.74, 6) is 1.04. The molecule has 0 amide bonds. The van der Waals surface area contributed by atoms with Crippen molar-refractivity contribution in [2.45, 2.75) is 72.1 Å². The van der Waals surface area contributed by atoms with Gasteiger partial charge in [0.25, 0.3) is 0 Å². The van der Waals surface area contributed by atoms with Gasteiger partial charge < -0.3 is 10.0 Å². The van der Waals surface area contributed by atoms with Gasteiger partial charge in [-0.1, -0.05) is 57.2 Å². The minimum atomic E-state index is -1.40. The molecule has 0 atom stereocenters. The summed E-state index contributed by atoms with van der Waals surface area (Å²) < 4.78 is 12.3. The molecule has 0 aliphatic rings. The van der Waals surface area contributed by atoms with Crippen molar-refractivity contribution in [1.82, 2.24) is 4.90 Å². The van der Waals surface area contributed by atoms with E-state index in [0.717, 1.165) is 64.0 Å². The highest BCUT2D eigenvalue weighted by atomic mass is 32.3. The van der Waals surface area contributed by atoms with Gasteiger partial charge in [-0.2, -0.15) is 10.6 Å². The summed E-state index contributed by atoms with van der Waals surface area (Å²) in [6.45, 7) is 9.33. The quantitative estimate of drug-likeness (QED) is 0.189. The Kier molecular flexibility index (Phi) is 26.0. The van der Waals surface area contributed by atoms with Crippen molar-refractivity contribution in [3.05, 3.63) is 36.5 Å².